The molecule has 3 N–H and O–H groups in total. The van der Waals surface area contributed by atoms with Crippen molar-refractivity contribution in [2.24, 2.45) is 0 Å². The standard InChI is InChI=1S/5C3H9OP.2BF4.Ni.H2O/c5*1-5(2,3)4;2*2-1(3,4)5;;/h5*1-3H3;;;;1H2/q;;;;;2*-1;+2;/p+1. The van der Waals surface area contributed by atoms with Crippen molar-refractivity contribution in [3.63, 3.8) is 0 Å². The molecule has 0 aromatic heterocycles. The molecule has 0 unspecified atom stereocenters. The summed E-state index contributed by atoms with van der Waals surface area (Å²) in [7, 11) is -20.2. The molecule has 0 aromatic carbocycles. The van der Waals surface area contributed by atoms with E-state index in [0.29, 0.717) is 0 Å². The second kappa shape index (κ2) is 26.1. The third-order valence-electron chi connectivity index (χ3n) is 0. The van der Waals surface area contributed by atoms with Crippen LogP contribution in [0, 0.1) is 0 Å². The van der Waals surface area contributed by atoms with Crippen molar-refractivity contribution in [2.75, 3.05) is 100.0 Å². The van der Waals surface area contributed by atoms with Crippen molar-refractivity contribution in [3.8, 4) is 0 Å². The van der Waals surface area contributed by atoms with Gasteiger partial charge >= 0.3 is 31.0 Å². The first-order valence-electron chi connectivity index (χ1n) is 9.37. The van der Waals surface area contributed by atoms with E-state index in [9.17, 15) is 57.4 Å². The first-order valence-corrected chi connectivity index (χ1v) is 24.6. The van der Waals surface area contributed by atoms with Crippen LogP contribution >= 0.6 is 35.7 Å². The number of hydrogen-bond donors (Lipinski definition) is 0. The van der Waals surface area contributed by atoms with Gasteiger partial charge in [-0.15, -0.1) is 0 Å². The maximum atomic E-state index is 10.2. The van der Waals surface area contributed by atoms with E-state index >= 15 is 0 Å². The Morgan fingerprint density at radius 1 is 0.324 bits per heavy atom. The van der Waals surface area contributed by atoms with Crippen molar-refractivity contribution < 1.29 is 79.3 Å². The minimum absolute atomic E-state index is 0. The maximum absolute atomic E-state index is 10.2. The third-order valence-corrected chi connectivity index (χ3v) is 0. The molecule has 0 spiro atoms. The molecule has 37 heavy (non-hydrogen) atoms. The molecule has 6 nitrogen and oxygen atoms in total. The molecule has 22 heteroatoms. The average Bonchev–Trinajstić information content (AvgIpc) is 2.06. The molecule has 0 saturated heterocycles. The summed E-state index contributed by atoms with van der Waals surface area (Å²) in [5.74, 6) is 0. The van der Waals surface area contributed by atoms with E-state index in [-0.39, 0.29) is 22.0 Å². The summed E-state index contributed by atoms with van der Waals surface area (Å²) in [6.45, 7) is 26.1. The summed E-state index contributed by atoms with van der Waals surface area (Å²) in [6.07, 6.45) is 0. The van der Waals surface area contributed by atoms with E-state index in [4.69, 9.17) is 0 Å². The Labute approximate surface area is 229 Å². The predicted octanol–water partition coefficient (Wildman–Crippen LogP) is 7.87. The normalized spacial score (nSPS) is 11.2. The molecule has 0 aliphatic rings. The topological polar surface area (TPSA) is 118 Å². The number of halogens is 8. The molecule has 0 radical (unpaired) electrons. The van der Waals surface area contributed by atoms with Crippen LogP contribution in [0.2, 0.25) is 0 Å². The predicted molar refractivity (Wildman–Crippen MR) is 152 cm³/mol. The second-order valence-corrected chi connectivity index (χ2v) is 29.3. The zero-order valence-corrected chi connectivity index (χ0v) is 29.8. The summed E-state index contributed by atoms with van der Waals surface area (Å²) < 4.78 is 129. The van der Waals surface area contributed by atoms with Crippen molar-refractivity contribution in [2.45, 2.75) is 0 Å². The van der Waals surface area contributed by atoms with Crippen LogP contribution in [0.5, 0.6) is 0 Å². The van der Waals surface area contributed by atoms with Crippen LogP contribution in [0.1, 0.15) is 0 Å². The van der Waals surface area contributed by atoms with Gasteiger partial charge in [-0.25, -0.2) is 0 Å². The fourth-order valence-corrected chi connectivity index (χ4v) is 0. The molecule has 0 aliphatic carbocycles. The zero-order valence-electron chi connectivity index (χ0n) is 24.3. The fourth-order valence-electron chi connectivity index (χ4n) is 0. The molecule has 0 aromatic rings. The summed E-state index contributed by atoms with van der Waals surface area (Å²) >= 11 is 0. The van der Waals surface area contributed by atoms with Gasteiger partial charge in [0.1, 0.15) is 0 Å². The van der Waals surface area contributed by atoms with E-state index in [2.05, 4.69) is 0 Å². The molecule has 0 atom stereocenters. The molecular weight excluding hydrogens is 663 g/mol. The van der Waals surface area contributed by atoms with Crippen molar-refractivity contribution in [3.05, 3.63) is 0 Å². The number of hydrogen-bond acceptors (Lipinski definition) is 5. The Morgan fingerprint density at radius 2 is 0.324 bits per heavy atom. The van der Waals surface area contributed by atoms with Gasteiger partial charge in [0.15, 0.2) is 0 Å². The van der Waals surface area contributed by atoms with Gasteiger partial charge in [0, 0.05) is 0 Å². The number of rotatable bonds is 0. The fraction of sp³-hybridized carbons (Fsp3) is 1.00. The first-order chi connectivity index (χ1) is 14.0. The average molecular weight is 712 g/mol. The molecule has 0 bridgehead atoms. The van der Waals surface area contributed by atoms with Crippen LogP contribution in [0.25, 0.3) is 0 Å². The summed E-state index contributed by atoms with van der Waals surface area (Å²) in [4.78, 5) is 0. The molecule has 0 rings (SSSR count). The van der Waals surface area contributed by atoms with Crippen LogP contribution in [0.3, 0.4) is 0 Å². The van der Waals surface area contributed by atoms with Gasteiger partial charge in [-0.05, 0) is 100.0 Å². The van der Waals surface area contributed by atoms with Crippen LogP contribution < -0.4 is 0 Å². The van der Waals surface area contributed by atoms with E-state index < -0.39 is 50.2 Å². The second-order valence-electron chi connectivity index (χ2n) is 10.4. The maximum Gasteiger partial charge on any atom is 2.00 e. The molecule has 0 fully saturated rings. The van der Waals surface area contributed by atoms with Crippen LogP contribution in [0.15, 0.2) is 0 Å². The molecule has 0 saturated carbocycles. The van der Waals surface area contributed by atoms with Gasteiger partial charge in [0.2, 0.25) is 0 Å². The first kappa shape index (κ1) is 62.0. The molecule has 240 valence electrons. The SMILES string of the molecule is CP(C)(C)=O.CP(C)(C)=O.CP(C)(C)=O.CP(C)(C)=O.CP(C)(C)=O.F[B-](F)(F)F.F[B-](F)(F)F.[Ni+2].[OH3+]. The zero-order chi connectivity index (χ0) is 31.5. The van der Waals surface area contributed by atoms with E-state index in [1.54, 1.807) is 100.0 Å². The van der Waals surface area contributed by atoms with Gasteiger partial charge in [-0.3, -0.25) is 0 Å². The van der Waals surface area contributed by atoms with Gasteiger partial charge in [0.05, 0.1) is 35.7 Å². The molecule has 0 heterocycles. The quantitative estimate of drug-likeness (QED) is 0.110. The van der Waals surface area contributed by atoms with Crippen molar-refractivity contribution >= 4 is 50.2 Å². The van der Waals surface area contributed by atoms with Gasteiger partial charge in [-0.2, -0.15) is 0 Å². The van der Waals surface area contributed by atoms with Crippen molar-refractivity contribution in [1.82, 2.24) is 0 Å². The van der Waals surface area contributed by atoms with Gasteiger partial charge in [0.25, 0.3) is 0 Å². The Hall–Kier alpha value is 1.17. The van der Waals surface area contributed by atoms with Gasteiger partial charge in [-0.1, -0.05) is 0 Å². The summed E-state index contributed by atoms with van der Waals surface area (Å²) in [6, 6.07) is 0. The Balaban J connectivity index is -0.0000000350. The molecule has 0 amide bonds. The Morgan fingerprint density at radius 3 is 0.324 bits per heavy atom. The van der Waals surface area contributed by atoms with E-state index in [1.165, 1.54) is 0 Å². The van der Waals surface area contributed by atoms with Crippen molar-refractivity contribution in [1.29, 1.82) is 0 Å². The minimum atomic E-state index is -6.00. The Kier molecular flexibility index (Phi) is 43.7. The van der Waals surface area contributed by atoms with E-state index in [1.807, 2.05) is 0 Å². The van der Waals surface area contributed by atoms with Crippen LogP contribution in [-0.4, -0.2) is 114 Å². The summed E-state index contributed by atoms with van der Waals surface area (Å²) in [5.41, 5.74) is 0. The molecule has 0 aliphatic heterocycles. The Bertz CT molecular complexity index is 559. The molecular formula is C15H48B2F8NiO6P5+. The van der Waals surface area contributed by atoms with Crippen LogP contribution in [-0.2, 0) is 44.8 Å². The minimum Gasteiger partial charge on any atom is -0.457 e. The third kappa shape index (κ3) is 33400. The summed E-state index contributed by atoms with van der Waals surface area (Å²) in [5, 5.41) is 0. The largest absolute Gasteiger partial charge is 2.00 e. The van der Waals surface area contributed by atoms with E-state index in [0.717, 1.165) is 0 Å². The monoisotopic (exact) mass is 711 g/mol. The van der Waals surface area contributed by atoms with Crippen LogP contribution in [0.4, 0.5) is 34.5 Å². The van der Waals surface area contributed by atoms with Gasteiger partial charge < -0.3 is 62.8 Å². The smallest absolute Gasteiger partial charge is 0.457 e.